The van der Waals surface area contributed by atoms with Gasteiger partial charge in [-0.3, -0.25) is 4.99 Å². The summed E-state index contributed by atoms with van der Waals surface area (Å²) in [6, 6.07) is 14.1. The molecule has 2 N–H and O–H groups in total. The van der Waals surface area contributed by atoms with Gasteiger partial charge in [-0.15, -0.1) is 0 Å². The highest BCUT2D eigenvalue weighted by atomic mass is 16.5. The molecule has 0 aromatic heterocycles. The fourth-order valence-electron chi connectivity index (χ4n) is 2.24. The summed E-state index contributed by atoms with van der Waals surface area (Å²) in [6.45, 7) is 13.0. The smallest absolute Gasteiger partial charge is 0.0662 e. The standard InChI is InChI=1S/C16H18N2.C7H14O/c1-11-4-9-16(12(2)10-11)18-13(3)14-5-7-15(17)8-6-14;1-4-5-6-8-7(2)3/h4-10H,17H2,1-3H3;4-5,7H,6H2,1-3H3/b;5-4-. The maximum Gasteiger partial charge on any atom is 0.0662 e. The van der Waals surface area contributed by atoms with Crippen LogP contribution in [0.1, 0.15) is 44.4 Å². The van der Waals surface area contributed by atoms with Crippen molar-refractivity contribution in [2.24, 2.45) is 4.99 Å². The number of anilines is 1. The predicted molar refractivity (Wildman–Crippen MR) is 115 cm³/mol. The lowest BCUT2D eigenvalue weighted by molar-refractivity contribution is 0.102. The zero-order valence-corrected chi connectivity index (χ0v) is 16.9. The normalized spacial score (nSPS) is 11.6. The number of hydrogen-bond donors (Lipinski definition) is 1. The predicted octanol–water partition coefficient (Wildman–Crippen LogP) is 6.01. The number of nitrogens with two attached hydrogens (primary N) is 1. The van der Waals surface area contributed by atoms with Crippen LogP contribution in [0.4, 0.5) is 11.4 Å². The Labute approximate surface area is 158 Å². The van der Waals surface area contributed by atoms with E-state index in [4.69, 9.17) is 10.5 Å². The molecule has 0 aliphatic carbocycles. The Bertz CT molecular complexity index is 728. The molecule has 3 nitrogen and oxygen atoms in total. The number of ether oxygens (including phenoxy) is 1. The third-order valence-electron chi connectivity index (χ3n) is 3.73. The molecule has 2 aromatic rings. The van der Waals surface area contributed by atoms with Crippen LogP contribution in [0.15, 0.2) is 59.6 Å². The number of aliphatic imine (C=N–C) groups is 1. The average molecular weight is 353 g/mol. The van der Waals surface area contributed by atoms with E-state index >= 15 is 0 Å². The van der Waals surface area contributed by atoms with E-state index in [1.54, 1.807) is 0 Å². The van der Waals surface area contributed by atoms with Crippen LogP contribution in [0.5, 0.6) is 0 Å². The Balaban J connectivity index is 0.000000359. The second-order valence-corrected chi connectivity index (χ2v) is 6.56. The molecule has 0 bridgehead atoms. The summed E-state index contributed by atoms with van der Waals surface area (Å²) in [5, 5.41) is 0. The van der Waals surface area contributed by atoms with Crippen molar-refractivity contribution in [3.05, 3.63) is 71.3 Å². The molecule has 0 amide bonds. The van der Waals surface area contributed by atoms with E-state index in [9.17, 15) is 0 Å². The molecule has 0 atom stereocenters. The van der Waals surface area contributed by atoms with Gasteiger partial charge in [-0.25, -0.2) is 0 Å². The Morgan fingerprint density at radius 3 is 2.31 bits per heavy atom. The van der Waals surface area contributed by atoms with Gasteiger partial charge in [-0.1, -0.05) is 42.0 Å². The van der Waals surface area contributed by atoms with Crippen LogP contribution in [0.2, 0.25) is 0 Å². The van der Waals surface area contributed by atoms with Gasteiger partial charge >= 0.3 is 0 Å². The maximum absolute atomic E-state index is 5.68. The molecule has 0 saturated heterocycles. The largest absolute Gasteiger partial charge is 0.399 e. The highest BCUT2D eigenvalue weighted by Crippen LogP contribution is 2.21. The minimum Gasteiger partial charge on any atom is -0.399 e. The van der Waals surface area contributed by atoms with E-state index in [0.29, 0.717) is 6.10 Å². The molecule has 0 spiro atoms. The van der Waals surface area contributed by atoms with Gasteiger partial charge in [0.1, 0.15) is 0 Å². The lowest BCUT2D eigenvalue weighted by Gasteiger charge is -2.05. The average Bonchev–Trinajstić information content (AvgIpc) is 2.58. The monoisotopic (exact) mass is 352 g/mol. The number of nitrogens with zero attached hydrogens (tertiary/aromatic N) is 1. The van der Waals surface area contributed by atoms with Crippen LogP contribution in [-0.2, 0) is 4.74 Å². The first-order valence-corrected chi connectivity index (χ1v) is 9.04. The van der Waals surface area contributed by atoms with Crippen LogP contribution in [0, 0.1) is 13.8 Å². The lowest BCUT2D eigenvalue weighted by Crippen LogP contribution is -2.01. The topological polar surface area (TPSA) is 47.6 Å². The molecule has 0 aliphatic rings. The summed E-state index contributed by atoms with van der Waals surface area (Å²) in [4.78, 5) is 4.68. The van der Waals surface area contributed by atoms with Gasteiger partial charge in [0, 0.05) is 11.4 Å². The van der Waals surface area contributed by atoms with Crippen molar-refractivity contribution in [3.63, 3.8) is 0 Å². The van der Waals surface area contributed by atoms with Crippen molar-refractivity contribution in [2.75, 3.05) is 12.3 Å². The van der Waals surface area contributed by atoms with Crippen LogP contribution >= 0.6 is 0 Å². The van der Waals surface area contributed by atoms with Gasteiger partial charge in [-0.2, -0.15) is 0 Å². The quantitative estimate of drug-likeness (QED) is 0.407. The number of aryl methyl sites for hydroxylation is 2. The highest BCUT2D eigenvalue weighted by molar-refractivity contribution is 6.00. The highest BCUT2D eigenvalue weighted by Gasteiger charge is 2.00. The maximum atomic E-state index is 5.68. The van der Waals surface area contributed by atoms with Gasteiger partial charge in [0.05, 0.1) is 18.4 Å². The first-order chi connectivity index (χ1) is 12.3. The van der Waals surface area contributed by atoms with E-state index in [-0.39, 0.29) is 0 Å². The molecular weight excluding hydrogens is 320 g/mol. The molecule has 26 heavy (non-hydrogen) atoms. The number of rotatable bonds is 5. The Kier molecular flexibility index (Phi) is 9.38. The van der Waals surface area contributed by atoms with E-state index < -0.39 is 0 Å². The van der Waals surface area contributed by atoms with Crippen molar-refractivity contribution in [2.45, 2.75) is 47.6 Å². The van der Waals surface area contributed by atoms with Crippen LogP contribution in [0.25, 0.3) is 0 Å². The van der Waals surface area contributed by atoms with Crippen LogP contribution in [-0.4, -0.2) is 18.4 Å². The molecule has 0 heterocycles. The first kappa shape index (κ1) is 21.7. The van der Waals surface area contributed by atoms with Gasteiger partial charge in [-0.05, 0) is 70.9 Å². The number of hydrogen-bond acceptors (Lipinski definition) is 3. The van der Waals surface area contributed by atoms with Crippen molar-refractivity contribution in [1.82, 2.24) is 0 Å². The van der Waals surface area contributed by atoms with E-state index in [1.165, 1.54) is 11.1 Å². The summed E-state index contributed by atoms with van der Waals surface area (Å²) < 4.78 is 5.20. The summed E-state index contributed by atoms with van der Waals surface area (Å²) in [5.41, 5.74) is 12.0. The van der Waals surface area contributed by atoms with Crippen molar-refractivity contribution in [1.29, 1.82) is 0 Å². The number of benzene rings is 2. The molecule has 0 fully saturated rings. The number of nitrogen functional groups attached to an aromatic ring is 1. The summed E-state index contributed by atoms with van der Waals surface area (Å²) in [6.07, 6.45) is 4.34. The molecule has 0 saturated carbocycles. The van der Waals surface area contributed by atoms with Crippen molar-refractivity contribution >= 4 is 17.1 Å². The van der Waals surface area contributed by atoms with Crippen molar-refractivity contribution in [3.8, 4) is 0 Å². The third-order valence-corrected chi connectivity index (χ3v) is 3.73. The molecule has 0 aliphatic heterocycles. The van der Waals surface area contributed by atoms with E-state index in [0.717, 1.165) is 29.3 Å². The molecule has 2 aromatic carbocycles. The van der Waals surface area contributed by atoms with Crippen LogP contribution in [0.3, 0.4) is 0 Å². The third kappa shape index (κ3) is 8.13. The number of allylic oxidation sites excluding steroid dienone is 1. The summed E-state index contributed by atoms with van der Waals surface area (Å²) >= 11 is 0. The Morgan fingerprint density at radius 1 is 1.12 bits per heavy atom. The van der Waals surface area contributed by atoms with Gasteiger partial charge < -0.3 is 10.5 Å². The minimum absolute atomic E-state index is 0.353. The SMILES string of the molecule is C/C=C\COC(C)C.CC(=Nc1ccc(C)cc1C)c1ccc(N)cc1. The van der Waals surface area contributed by atoms with Gasteiger partial charge in [0.15, 0.2) is 0 Å². The van der Waals surface area contributed by atoms with Gasteiger partial charge in [0.2, 0.25) is 0 Å². The molecule has 0 radical (unpaired) electrons. The molecule has 3 heteroatoms. The molecule has 140 valence electrons. The molecule has 0 unspecified atom stereocenters. The molecule has 2 rings (SSSR count). The molecular formula is C23H32N2O. The fourth-order valence-corrected chi connectivity index (χ4v) is 2.24. The fraction of sp³-hybridized carbons (Fsp3) is 0.348. The van der Waals surface area contributed by atoms with Gasteiger partial charge in [0.25, 0.3) is 0 Å². The second-order valence-electron chi connectivity index (χ2n) is 6.56. The summed E-state index contributed by atoms with van der Waals surface area (Å²) in [5.74, 6) is 0. The second kappa shape index (κ2) is 11.3. The van der Waals surface area contributed by atoms with E-state index in [1.807, 2.05) is 64.1 Å². The van der Waals surface area contributed by atoms with E-state index in [2.05, 4.69) is 37.0 Å². The first-order valence-electron chi connectivity index (χ1n) is 9.04. The summed E-state index contributed by atoms with van der Waals surface area (Å²) in [7, 11) is 0. The Morgan fingerprint density at radius 2 is 1.77 bits per heavy atom. The lowest BCUT2D eigenvalue weighted by atomic mass is 10.1. The Hall–Kier alpha value is -2.39. The minimum atomic E-state index is 0.353. The van der Waals surface area contributed by atoms with Crippen molar-refractivity contribution < 1.29 is 4.74 Å². The van der Waals surface area contributed by atoms with Crippen LogP contribution < -0.4 is 5.73 Å². The zero-order valence-electron chi connectivity index (χ0n) is 16.9. The zero-order chi connectivity index (χ0) is 19.5.